The first-order valence-electron chi connectivity index (χ1n) is 8.84. The highest BCUT2D eigenvalue weighted by Crippen LogP contribution is 2.25. The Bertz CT molecular complexity index is 795. The van der Waals surface area contributed by atoms with Crippen molar-refractivity contribution in [2.75, 3.05) is 23.3 Å². The number of benzene rings is 1. The average molecular weight is 349 g/mol. The molecule has 26 heavy (non-hydrogen) atoms. The summed E-state index contributed by atoms with van der Waals surface area (Å²) in [7, 11) is 0. The highest BCUT2D eigenvalue weighted by molar-refractivity contribution is 5.93. The van der Waals surface area contributed by atoms with Crippen molar-refractivity contribution in [2.24, 2.45) is 5.92 Å². The zero-order valence-electron chi connectivity index (χ0n) is 15.1. The monoisotopic (exact) mass is 349 g/mol. The Morgan fingerprint density at radius 3 is 2.62 bits per heavy atom. The summed E-state index contributed by atoms with van der Waals surface area (Å²) in [4.78, 5) is 23.3. The SMILES string of the molecule is CC(C)(C#N)c1ccc(NC(=O)[C@H]2CCCN(c3ncccn3)C2)cc1. The van der Waals surface area contributed by atoms with Crippen LogP contribution in [0.15, 0.2) is 42.7 Å². The van der Waals surface area contributed by atoms with Gasteiger partial charge in [-0.1, -0.05) is 12.1 Å². The van der Waals surface area contributed by atoms with Crippen LogP contribution in [0.2, 0.25) is 0 Å². The van der Waals surface area contributed by atoms with Gasteiger partial charge in [-0.15, -0.1) is 0 Å². The summed E-state index contributed by atoms with van der Waals surface area (Å²) >= 11 is 0. The number of hydrogen-bond donors (Lipinski definition) is 1. The molecule has 0 bridgehead atoms. The van der Waals surface area contributed by atoms with E-state index in [4.69, 9.17) is 0 Å². The maximum absolute atomic E-state index is 12.7. The Labute approximate surface area is 153 Å². The molecule has 1 aliphatic heterocycles. The summed E-state index contributed by atoms with van der Waals surface area (Å²) in [5.74, 6) is 0.591. The molecule has 1 fully saturated rings. The molecule has 1 atom stereocenters. The van der Waals surface area contributed by atoms with Crippen molar-refractivity contribution in [3.8, 4) is 6.07 Å². The van der Waals surface area contributed by atoms with Gasteiger partial charge in [0.05, 0.1) is 17.4 Å². The Morgan fingerprint density at radius 2 is 1.96 bits per heavy atom. The largest absolute Gasteiger partial charge is 0.340 e. The van der Waals surface area contributed by atoms with Crippen LogP contribution in [0.1, 0.15) is 32.3 Å². The van der Waals surface area contributed by atoms with E-state index in [0.717, 1.165) is 30.6 Å². The van der Waals surface area contributed by atoms with Gasteiger partial charge in [-0.05, 0) is 50.5 Å². The first kappa shape index (κ1) is 17.9. The number of carbonyl (C=O) groups excluding carboxylic acids is 1. The molecule has 3 rings (SSSR count). The summed E-state index contributed by atoms with van der Waals surface area (Å²) < 4.78 is 0. The van der Waals surface area contributed by atoms with Crippen LogP contribution in [-0.4, -0.2) is 29.0 Å². The topological polar surface area (TPSA) is 81.9 Å². The molecule has 0 radical (unpaired) electrons. The molecule has 2 aromatic rings. The van der Waals surface area contributed by atoms with Crippen LogP contribution >= 0.6 is 0 Å². The third-order valence-electron chi connectivity index (χ3n) is 4.78. The van der Waals surface area contributed by atoms with Crippen molar-refractivity contribution in [3.63, 3.8) is 0 Å². The number of aromatic nitrogens is 2. The summed E-state index contributed by atoms with van der Waals surface area (Å²) in [6, 6.07) is 11.6. The van der Waals surface area contributed by atoms with Crippen LogP contribution in [0.4, 0.5) is 11.6 Å². The molecule has 0 spiro atoms. The number of nitrogens with zero attached hydrogens (tertiary/aromatic N) is 4. The summed E-state index contributed by atoms with van der Waals surface area (Å²) in [5.41, 5.74) is 1.14. The molecule has 0 unspecified atom stereocenters. The van der Waals surface area contributed by atoms with Gasteiger partial charge >= 0.3 is 0 Å². The minimum atomic E-state index is -0.540. The Kier molecular flexibility index (Phi) is 5.17. The van der Waals surface area contributed by atoms with Gasteiger partial charge in [0, 0.05) is 31.2 Å². The average Bonchev–Trinajstić information content (AvgIpc) is 2.69. The smallest absolute Gasteiger partial charge is 0.229 e. The number of nitrogens with one attached hydrogen (secondary N) is 1. The van der Waals surface area contributed by atoms with Crippen LogP contribution in [0.3, 0.4) is 0 Å². The minimum Gasteiger partial charge on any atom is -0.340 e. The molecule has 0 aliphatic carbocycles. The Morgan fingerprint density at radius 1 is 1.27 bits per heavy atom. The molecule has 1 aromatic heterocycles. The van der Waals surface area contributed by atoms with Gasteiger partial charge in [-0.3, -0.25) is 4.79 Å². The number of nitriles is 1. The third-order valence-corrected chi connectivity index (χ3v) is 4.78. The van der Waals surface area contributed by atoms with E-state index in [1.807, 2.05) is 38.1 Å². The molecule has 1 N–H and O–H groups in total. The fourth-order valence-corrected chi connectivity index (χ4v) is 3.11. The number of piperidine rings is 1. The van der Waals surface area contributed by atoms with E-state index in [-0.39, 0.29) is 11.8 Å². The maximum Gasteiger partial charge on any atom is 0.229 e. The molecule has 134 valence electrons. The lowest BCUT2D eigenvalue weighted by molar-refractivity contribution is -0.120. The van der Waals surface area contributed by atoms with Gasteiger partial charge in [-0.25, -0.2) is 9.97 Å². The fraction of sp³-hybridized carbons (Fsp3) is 0.400. The van der Waals surface area contributed by atoms with Gasteiger partial charge in [0.2, 0.25) is 11.9 Å². The van der Waals surface area contributed by atoms with Crippen LogP contribution in [0.25, 0.3) is 0 Å². The van der Waals surface area contributed by atoms with E-state index in [2.05, 4.69) is 26.3 Å². The van der Waals surface area contributed by atoms with Crippen LogP contribution in [-0.2, 0) is 10.2 Å². The van der Waals surface area contributed by atoms with E-state index in [0.29, 0.717) is 12.5 Å². The molecule has 1 amide bonds. The van der Waals surface area contributed by atoms with Crippen LogP contribution < -0.4 is 10.2 Å². The minimum absolute atomic E-state index is 0.0120. The molecule has 2 heterocycles. The lowest BCUT2D eigenvalue weighted by Crippen LogP contribution is -2.41. The van der Waals surface area contributed by atoms with Gasteiger partial charge < -0.3 is 10.2 Å². The fourth-order valence-electron chi connectivity index (χ4n) is 3.11. The third kappa shape index (κ3) is 3.99. The molecule has 1 aliphatic rings. The lowest BCUT2D eigenvalue weighted by atomic mass is 9.86. The van der Waals surface area contributed by atoms with Crippen LogP contribution in [0, 0.1) is 17.2 Å². The highest BCUT2D eigenvalue weighted by Gasteiger charge is 2.27. The van der Waals surface area contributed by atoms with Crippen molar-refractivity contribution in [1.29, 1.82) is 5.26 Å². The summed E-state index contributed by atoms with van der Waals surface area (Å²) in [6.07, 6.45) is 5.23. The van der Waals surface area contributed by atoms with E-state index in [1.165, 1.54) is 0 Å². The van der Waals surface area contributed by atoms with Crippen LogP contribution in [0.5, 0.6) is 0 Å². The zero-order valence-corrected chi connectivity index (χ0v) is 15.1. The highest BCUT2D eigenvalue weighted by atomic mass is 16.1. The predicted molar refractivity (Wildman–Crippen MR) is 101 cm³/mol. The zero-order chi connectivity index (χ0) is 18.6. The van der Waals surface area contributed by atoms with E-state index < -0.39 is 5.41 Å². The van der Waals surface area contributed by atoms with Gasteiger partial charge in [0.25, 0.3) is 0 Å². The number of amides is 1. The Hall–Kier alpha value is -2.94. The number of carbonyl (C=O) groups is 1. The number of rotatable bonds is 4. The second-order valence-electron chi connectivity index (χ2n) is 7.14. The summed E-state index contributed by atoms with van der Waals surface area (Å²) in [5, 5.41) is 12.2. The van der Waals surface area contributed by atoms with Gasteiger partial charge in [-0.2, -0.15) is 5.26 Å². The van der Waals surface area contributed by atoms with E-state index >= 15 is 0 Å². The first-order chi connectivity index (χ1) is 12.5. The number of hydrogen-bond acceptors (Lipinski definition) is 5. The van der Waals surface area contributed by atoms with E-state index in [1.54, 1.807) is 18.5 Å². The van der Waals surface area contributed by atoms with Gasteiger partial charge in [0.15, 0.2) is 0 Å². The van der Waals surface area contributed by atoms with Crippen molar-refractivity contribution in [2.45, 2.75) is 32.1 Å². The van der Waals surface area contributed by atoms with E-state index in [9.17, 15) is 10.1 Å². The second-order valence-corrected chi connectivity index (χ2v) is 7.14. The van der Waals surface area contributed by atoms with Crippen molar-refractivity contribution in [3.05, 3.63) is 48.3 Å². The molecular formula is C20H23N5O. The standard InChI is InChI=1S/C20H23N5O/c1-20(2,14-21)16-6-8-17(9-7-16)24-18(26)15-5-3-12-25(13-15)19-22-10-4-11-23-19/h4,6-11,15H,3,5,12-13H2,1-2H3,(H,24,26)/t15-/m0/s1. The molecule has 1 aromatic carbocycles. The number of anilines is 2. The molecular weight excluding hydrogens is 326 g/mol. The van der Waals surface area contributed by atoms with Crippen molar-refractivity contribution >= 4 is 17.5 Å². The second kappa shape index (κ2) is 7.52. The van der Waals surface area contributed by atoms with Gasteiger partial charge in [0.1, 0.15) is 0 Å². The first-order valence-corrected chi connectivity index (χ1v) is 8.84. The van der Waals surface area contributed by atoms with Crippen molar-refractivity contribution in [1.82, 2.24) is 9.97 Å². The normalized spacial score (nSPS) is 17.4. The predicted octanol–water partition coefficient (Wildman–Crippen LogP) is 3.13. The Balaban J connectivity index is 1.64. The quantitative estimate of drug-likeness (QED) is 0.917. The molecule has 6 nitrogen and oxygen atoms in total. The molecule has 6 heteroatoms. The molecule has 1 saturated heterocycles. The lowest BCUT2D eigenvalue weighted by Gasteiger charge is -2.31. The summed E-state index contributed by atoms with van der Waals surface area (Å²) in [6.45, 7) is 5.24. The molecule has 0 saturated carbocycles. The van der Waals surface area contributed by atoms with Crippen molar-refractivity contribution < 1.29 is 4.79 Å². The maximum atomic E-state index is 12.7.